The van der Waals surface area contributed by atoms with Gasteiger partial charge < -0.3 is 15.7 Å². The van der Waals surface area contributed by atoms with Crippen LogP contribution in [0.4, 0.5) is 5.69 Å². The van der Waals surface area contributed by atoms with Crippen molar-refractivity contribution in [2.24, 2.45) is 5.92 Å². The number of anilines is 1. The largest absolute Gasteiger partial charge is 0.480 e. The van der Waals surface area contributed by atoms with E-state index < -0.39 is 12.0 Å². The van der Waals surface area contributed by atoms with Crippen LogP contribution >= 0.6 is 0 Å². The molecule has 2 rings (SSSR count). The van der Waals surface area contributed by atoms with E-state index in [-0.39, 0.29) is 11.8 Å². The van der Waals surface area contributed by atoms with Gasteiger partial charge in [0, 0.05) is 17.8 Å². The summed E-state index contributed by atoms with van der Waals surface area (Å²) in [6, 6.07) is 4.69. The van der Waals surface area contributed by atoms with Crippen molar-refractivity contribution < 1.29 is 14.7 Å². The van der Waals surface area contributed by atoms with Crippen LogP contribution in [0.15, 0.2) is 18.2 Å². The Kier molecular flexibility index (Phi) is 4.83. The molecule has 114 valence electrons. The highest BCUT2D eigenvalue weighted by atomic mass is 16.4. The number of aliphatic carboxylic acids is 1. The van der Waals surface area contributed by atoms with Crippen molar-refractivity contribution in [1.29, 1.82) is 0 Å². The molecule has 0 aromatic heterocycles. The van der Waals surface area contributed by atoms with Crippen LogP contribution < -0.4 is 10.6 Å². The molecule has 5 nitrogen and oxygen atoms in total. The molecule has 5 heteroatoms. The third-order valence-corrected chi connectivity index (χ3v) is 3.65. The number of hydrogen-bond acceptors (Lipinski definition) is 3. The number of nitrogens with one attached hydrogen (secondary N) is 2. The molecule has 21 heavy (non-hydrogen) atoms. The van der Waals surface area contributed by atoms with Crippen molar-refractivity contribution in [3.63, 3.8) is 0 Å². The maximum atomic E-state index is 12.4. The molecule has 1 aliphatic rings. The highest BCUT2D eigenvalue weighted by Crippen LogP contribution is 2.25. The van der Waals surface area contributed by atoms with E-state index in [9.17, 15) is 14.7 Å². The zero-order valence-corrected chi connectivity index (χ0v) is 12.5. The molecule has 0 saturated carbocycles. The smallest absolute Gasteiger partial charge is 0.326 e. The highest BCUT2D eigenvalue weighted by Gasteiger charge is 2.24. The fourth-order valence-corrected chi connectivity index (χ4v) is 2.65. The standard InChI is InChI=1S/C16H22N2O3/c1-10(2)9-14(16(20)21)18-15(19)12-5-3-7-13-11(12)6-4-8-17-13/h3,5,7,10,14,17H,4,6,8-9H2,1-2H3,(H,18,19)(H,20,21). The second-order valence-corrected chi connectivity index (χ2v) is 5.86. The lowest BCUT2D eigenvalue weighted by atomic mass is 9.96. The van der Waals surface area contributed by atoms with E-state index in [0.29, 0.717) is 12.0 Å². The van der Waals surface area contributed by atoms with Crippen molar-refractivity contribution in [2.75, 3.05) is 11.9 Å². The fraction of sp³-hybridized carbons (Fsp3) is 0.500. The lowest BCUT2D eigenvalue weighted by molar-refractivity contribution is -0.139. The van der Waals surface area contributed by atoms with Crippen LogP contribution in [-0.4, -0.2) is 29.6 Å². The number of carbonyl (C=O) groups excluding carboxylic acids is 1. The van der Waals surface area contributed by atoms with E-state index in [4.69, 9.17) is 0 Å². The lowest BCUT2D eigenvalue weighted by Crippen LogP contribution is -2.42. The molecule has 0 radical (unpaired) electrons. The van der Waals surface area contributed by atoms with Crippen LogP contribution in [0.25, 0.3) is 0 Å². The molecule has 0 saturated heterocycles. The summed E-state index contributed by atoms with van der Waals surface area (Å²) in [6.07, 6.45) is 2.24. The molecule has 1 amide bonds. The first-order valence-electron chi connectivity index (χ1n) is 7.38. The predicted octanol–water partition coefficient (Wildman–Crippen LogP) is 2.27. The zero-order valence-electron chi connectivity index (χ0n) is 12.5. The van der Waals surface area contributed by atoms with Crippen molar-refractivity contribution in [2.45, 2.75) is 39.2 Å². The lowest BCUT2D eigenvalue weighted by Gasteiger charge is -2.22. The van der Waals surface area contributed by atoms with Crippen LogP contribution in [0.2, 0.25) is 0 Å². The van der Waals surface area contributed by atoms with Crippen LogP contribution in [0.1, 0.15) is 42.6 Å². The number of carbonyl (C=O) groups is 2. The monoisotopic (exact) mass is 290 g/mol. The molecule has 0 bridgehead atoms. The minimum atomic E-state index is -0.986. The van der Waals surface area contributed by atoms with Crippen LogP contribution in [0.5, 0.6) is 0 Å². The summed E-state index contributed by atoms with van der Waals surface area (Å²) >= 11 is 0. The van der Waals surface area contributed by atoms with Crippen molar-refractivity contribution >= 4 is 17.6 Å². The minimum absolute atomic E-state index is 0.206. The Hall–Kier alpha value is -2.04. The molecule has 0 fully saturated rings. The molecule has 1 aliphatic heterocycles. The third-order valence-electron chi connectivity index (χ3n) is 3.65. The van der Waals surface area contributed by atoms with E-state index in [0.717, 1.165) is 30.6 Å². The Balaban J connectivity index is 2.18. The van der Waals surface area contributed by atoms with Crippen molar-refractivity contribution in [1.82, 2.24) is 5.32 Å². The molecule has 1 heterocycles. The molecule has 1 atom stereocenters. The van der Waals surface area contributed by atoms with Gasteiger partial charge in [-0.05, 0) is 42.9 Å². The van der Waals surface area contributed by atoms with Gasteiger partial charge in [-0.3, -0.25) is 4.79 Å². The maximum absolute atomic E-state index is 12.4. The van der Waals surface area contributed by atoms with Gasteiger partial charge in [-0.15, -0.1) is 0 Å². The number of hydrogen-bond donors (Lipinski definition) is 3. The normalized spacial score (nSPS) is 15.0. The average Bonchev–Trinajstić information content (AvgIpc) is 2.45. The topological polar surface area (TPSA) is 78.4 Å². The number of carboxylic acid groups (broad SMARTS) is 1. The quantitative estimate of drug-likeness (QED) is 0.777. The predicted molar refractivity (Wildman–Crippen MR) is 81.6 cm³/mol. The SMILES string of the molecule is CC(C)CC(NC(=O)c1cccc2c1CCCN2)C(=O)O. The highest BCUT2D eigenvalue weighted by molar-refractivity contribution is 5.99. The van der Waals surface area contributed by atoms with Crippen molar-refractivity contribution in [3.05, 3.63) is 29.3 Å². The van der Waals surface area contributed by atoms with E-state index in [2.05, 4.69) is 10.6 Å². The van der Waals surface area contributed by atoms with Crippen molar-refractivity contribution in [3.8, 4) is 0 Å². The Morgan fingerprint density at radius 2 is 2.14 bits per heavy atom. The Bertz CT molecular complexity index is 540. The van der Waals surface area contributed by atoms with Gasteiger partial charge in [-0.1, -0.05) is 19.9 Å². The number of carboxylic acids is 1. The van der Waals surface area contributed by atoms with Gasteiger partial charge in [-0.25, -0.2) is 4.79 Å². The second-order valence-electron chi connectivity index (χ2n) is 5.86. The molecule has 0 spiro atoms. The maximum Gasteiger partial charge on any atom is 0.326 e. The Morgan fingerprint density at radius 1 is 1.38 bits per heavy atom. The molecule has 1 aromatic rings. The van der Waals surface area contributed by atoms with Gasteiger partial charge in [0.2, 0.25) is 0 Å². The van der Waals surface area contributed by atoms with E-state index >= 15 is 0 Å². The number of benzene rings is 1. The first-order valence-corrected chi connectivity index (χ1v) is 7.38. The van der Waals surface area contributed by atoms with E-state index in [1.54, 1.807) is 6.07 Å². The Morgan fingerprint density at radius 3 is 2.81 bits per heavy atom. The zero-order chi connectivity index (χ0) is 15.4. The van der Waals surface area contributed by atoms with Gasteiger partial charge in [0.15, 0.2) is 0 Å². The van der Waals surface area contributed by atoms with E-state index in [1.165, 1.54) is 0 Å². The van der Waals surface area contributed by atoms with Gasteiger partial charge >= 0.3 is 5.97 Å². The van der Waals surface area contributed by atoms with Gasteiger partial charge in [0.1, 0.15) is 6.04 Å². The van der Waals surface area contributed by atoms with Gasteiger partial charge in [0.25, 0.3) is 5.91 Å². The number of rotatable bonds is 5. The van der Waals surface area contributed by atoms with Gasteiger partial charge in [0.05, 0.1) is 0 Å². The summed E-state index contributed by atoms with van der Waals surface area (Å²) in [6.45, 7) is 4.79. The molecule has 0 aliphatic carbocycles. The molecule has 1 aromatic carbocycles. The number of amides is 1. The molecular formula is C16H22N2O3. The van der Waals surface area contributed by atoms with Crippen LogP contribution in [-0.2, 0) is 11.2 Å². The fourth-order valence-electron chi connectivity index (χ4n) is 2.65. The summed E-state index contributed by atoms with van der Waals surface area (Å²) in [5, 5.41) is 15.1. The first kappa shape index (κ1) is 15.4. The Labute approximate surface area is 124 Å². The summed E-state index contributed by atoms with van der Waals surface area (Å²) in [7, 11) is 0. The number of fused-ring (bicyclic) bond motifs is 1. The first-order chi connectivity index (χ1) is 9.99. The summed E-state index contributed by atoms with van der Waals surface area (Å²) in [5.41, 5.74) is 2.54. The van der Waals surface area contributed by atoms with Gasteiger partial charge in [-0.2, -0.15) is 0 Å². The average molecular weight is 290 g/mol. The molecular weight excluding hydrogens is 268 g/mol. The van der Waals surface area contributed by atoms with Crippen LogP contribution in [0, 0.1) is 5.92 Å². The van der Waals surface area contributed by atoms with E-state index in [1.807, 2.05) is 26.0 Å². The molecule has 1 unspecified atom stereocenters. The molecule has 3 N–H and O–H groups in total. The minimum Gasteiger partial charge on any atom is -0.480 e. The third kappa shape index (κ3) is 3.74. The summed E-state index contributed by atoms with van der Waals surface area (Å²) in [5.74, 6) is -1.08. The summed E-state index contributed by atoms with van der Waals surface area (Å²) < 4.78 is 0. The second kappa shape index (κ2) is 6.61. The summed E-state index contributed by atoms with van der Waals surface area (Å²) in [4.78, 5) is 23.7. The van der Waals surface area contributed by atoms with Crippen LogP contribution in [0.3, 0.4) is 0 Å².